The maximum atomic E-state index is 13.0. The second-order valence-electron chi connectivity index (χ2n) is 8.22. The van der Waals surface area contributed by atoms with E-state index in [1.165, 1.54) is 12.1 Å². The van der Waals surface area contributed by atoms with Crippen LogP contribution in [0.3, 0.4) is 0 Å². The SMILES string of the molecule is Cc1cc(C)c2ncc(C#N)c(N3CCC(C(=O)NCc4ccc(F)cc4)CC3)c2c1. The van der Waals surface area contributed by atoms with Crippen molar-refractivity contribution >= 4 is 22.5 Å². The number of nitriles is 1. The third kappa shape index (κ3) is 4.36. The number of aryl methyl sites for hydroxylation is 2. The van der Waals surface area contributed by atoms with Crippen LogP contribution < -0.4 is 10.2 Å². The lowest BCUT2D eigenvalue weighted by atomic mass is 9.94. The van der Waals surface area contributed by atoms with E-state index in [2.05, 4.69) is 33.4 Å². The van der Waals surface area contributed by atoms with Crippen molar-refractivity contribution in [2.45, 2.75) is 33.2 Å². The van der Waals surface area contributed by atoms with Crippen LogP contribution in [0.2, 0.25) is 0 Å². The van der Waals surface area contributed by atoms with Crippen molar-refractivity contribution < 1.29 is 9.18 Å². The lowest BCUT2D eigenvalue weighted by molar-refractivity contribution is -0.125. The van der Waals surface area contributed by atoms with E-state index >= 15 is 0 Å². The lowest BCUT2D eigenvalue weighted by Gasteiger charge is -2.34. The Morgan fingerprint density at radius 2 is 1.94 bits per heavy atom. The smallest absolute Gasteiger partial charge is 0.223 e. The monoisotopic (exact) mass is 416 g/mol. The number of rotatable bonds is 4. The van der Waals surface area contributed by atoms with E-state index in [9.17, 15) is 14.4 Å². The van der Waals surface area contributed by atoms with Crippen LogP contribution in [0.4, 0.5) is 10.1 Å². The Balaban J connectivity index is 1.47. The summed E-state index contributed by atoms with van der Waals surface area (Å²) in [5.41, 5.74) is 5.51. The van der Waals surface area contributed by atoms with Crippen molar-refractivity contribution in [2.75, 3.05) is 18.0 Å². The minimum atomic E-state index is -0.284. The molecule has 3 aromatic rings. The summed E-state index contributed by atoms with van der Waals surface area (Å²) in [6.07, 6.45) is 3.09. The van der Waals surface area contributed by atoms with E-state index in [4.69, 9.17) is 0 Å². The Bertz CT molecular complexity index is 1160. The van der Waals surface area contributed by atoms with Crippen LogP contribution in [0.15, 0.2) is 42.6 Å². The van der Waals surface area contributed by atoms with Gasteiger partial charge in [-0.2, -0.15) is 5.26 Å². The summed E-state index contributed by atoms with van der Waals surface area (Å²) in [7, 11) is 0. The summed E-state index contributed by atoms with van der Waals surface area (Å²) in [5.74, 6) is -0.331. The molecular weight excluding hydrogens is 391 g/mol. The van der Waals surface area contributed by atoms with Crippen molar-refractivity contribution in [1.82, 2.24) is 10.3 Å². The number of hydrogen-bond acceptors (Lipinski definition) is 4. The number of fused-ring (bicyclic) bond motifs is 1. The van der Waals surface area contributed by atoms with Crippen LogP contribution in [0.25, 0.3) is 10.9 Å². The van der Waals surface area contributed by atoms with Crippen LogP contribution >= 0.6 is 0 Å². The molecule has 4 rings (SSSR count). The highest BCUT2D eigenvalue weighted by atomic mass is 19.1. The number of carbonyl (C=O) groups excluding carboxylic acids is 1. The van der Waals surface area contributed by atoms with Crippen LogP contribution in [0, 0.1) is 36.9 Å². The molecule has 0 spiro atoms. The molecule has 2 aromatic carbocycles. The number of carbonyl (C=O) groups is 1. The first kappa shape index (κ1) is 20.8. The predicted molar refractivity (Wildman–Crippen MR) is 119 cm³/mol. The highest BCUT2D eigenvalue weighted by Crippen LogP contribution is 2.34. The van der Waals surface area contributed by atoms with Gasteiger partial charge in [-0.25, -0.2) is 4.39 Å². The molecule has 1 N–H and O–H groups in total. The van der Waals surface area contributed by atoms with Crippen molar-refractivity contribution in [3.8, 4) is 6.07 Å². The van der Waals surface area contributed by atoms with Crippen LogP contribution in [-0.4, -0.2) is 24.0 Å². The lowest BCUT2D eigenvalue weighted by Crippen LogP contribution is -2.40. The number of anilines is 1. The van der Waals surface area contributed by atoms with E-state index in [1.54, 1.807) is 18.3 Å². The maximum absolute atomic E-state index is 13.0. The highest BCUT2D eigenvalue weighted by Gasteiger charge is 2.27. The first-order valence-electron chi connectivity index (χ1n) is 10.5. The van der Waals surface area contributed by atoms with E-state index in [0.29, 0.717) is 38.0 Å². The van der Waals surface area contributed by atoms with Gasteiger partial charge >= 0.3 is 0 Å². The molecular formula is C25H25FN4O. The van der Waals surface area contributed by atoms with Crippen molar-refractivity contribution in [2.24, 2.45) is 5.92 Å². The van der Waals surface area contributed by atoms with Crippen molar-refractivity contribution in [1.29, 1.82) is 5.26 Å². The Kier molecular flexibility index (Phi) is 5.85. The van der Waals surface area contributed by atoms with Crippen LogP contribution in [-0.2, 0) is 11.3 Å². The molecule has 1 aliphatic heterocycles. The Hall–Kier alpha value is -3.46. The zero-order valence-corrected chi connectivity index (χ0v) is 17.8. The van der Waals surface area contributed by atoms with Crippen LogP contribution in [0.1, 0.15) is 35.1 Å². The molecule has 1 fully saturated rings. The minimum absolute atomic E-state index is 0.0238. The number of pyridine rings is 1. The molecule has 1 amide bonds. The molecule has 2 heterocycles. The summed E-state index contributed by atoms with van der Waals surface area (Å²) >= 11 is 0. The third-order valence-electron chi connectivity index (χ3n) is 5.96. The molecule has 0 radical (unpaired) electrons. The molecule has 5 nitrogen and oxygen atoms in total. The van der Waals surface area contributed by atoms with E-state index in [0.717, 1.165) is 33.3 Å². The van der Waals surface area contributed by atoms with Gasteiger partial charge in [0.15, 0.2) is 0 Å². The molecule has 0 bridgehead atoms. The number of amides is 1. The van der Waals surface area contributed by atoms with E-state index in [1.807, 2.05) is 13.8 Å². The predicted octanol–water partition coefficient (Wildman–Crippen LogP) is 4.40. The van der Waals surface area contributed by atoms with Gasteiger partial charge in [-0.3, -0.25) is 9.78 Å². The van der Waals surface area contributed by atoms with E-state index < -0.39 is 0 Å². The molecule has 1 aliphatic rings. The maximum Gasteiger partial charge on any atom is 0.223 e. The third-order valence-corrected chi connectivity index (χ3v) is 5.96. The molecule has 158 valence electrons. The number of nitrogens with zero attached hydrogens (tertiary/aromatic N) is 3. The van der Waals surface area contributed by atoms with Crippen molar-refractivity contribution in [3.05, 3.63) is 70.7 Å². The first-order valence-corrected chi connectivity index (χ1v) is 10.5. The first-order chi connectivity index (χ1) is 15.0. The van der Waals surface area contributed by atoms with Crippen LogP contribution in [0.5, 0.6) is 0 Å². The normalized spacial score (nSPS) is 14.5. The molecule has 0 unspecified atom stereocenters. The summed E-state index contributed by atoms with van der Waals surface area (Å²) in [6, 6.07) is 12.6. The van der Waals surface area contributed by atoms with Gasteiger partial charge in [-0.05, 0) is 56.0 Å². The summed E-state index contributed by atoms with van der Waals surface area (Å²) in [4.78, 5) is 19.4. The zero-order chi connectivity index (χ0) is 22.0. The summed E-state index contributed by atoms with van der Waals surface area (Å²) < 4.78 is 13.0. The number of piperidine rings is 1. The van der Waals surface area contributed by atoms with Crippen molar-refractivity contribution in [3.63, 3.8) is 0 Å². The highest BCUT2D eigenvalue weighted by molar-refractivity contribution is 5.96. The van der Waals surface area contributed by atoms with Gasteiger partial charge in [0.05, 0.1) is 16.8 Å². The van der Waals surface area contributed by atoms with E-state index in [-0.39, 0.29) is 17.6 Å². The largest absolute Gasteiger partial charge is 0.370 e. The fraction of sp³-hybridized carbons (Fsp3) is 0.320. The number of halogens is 1. The summed E-state index contributed by atoms with van der Waals surface area (Å²) in [6.45, 7) is 5.89. The number of nitrogens with one attached hydrogen (secondary N) is 1. The van der Waals surface area contributed by atoms with Gasteiger partial charge < -0.3 is 10.2 Å². The van der Waals surface area contributed by atoms with Gasteiger partial charge in [0, 0.05) is 37.1 Å². The van der Waals surface area contributed by atoms with Gasteiger partial charge in [0.2, 0.25) is 5.91 Å². The molecule has 0 saturated carbocycles. The van der Waals surface area contributed by atoms with Gasteiger partial charge in [-0.1, -0.05) is 23.8 Å². The summed E-state index contributed by atoms with van der Waals surface area (Å²) in [5, 5.41) is 13.6. The van der Waals surface area contributed by atoms with Gasteiger partial charge in [0.1, 0.15) is 11.9 Å². The second kappa shape index (κ2) is 8.73. The van der Waals surface area contributed by atoms with Gasteiger partial charge in [-0.15, -0.1) is 0 Å². The topological polar surface area (TPSA) is 69.0 Å². The molecule has 1 aromatic heterocycles. The van der Waals surface area contributed by atoms with Gasteiger partial charge in [0.25, 0.3) is 0 Å². The standard InChI is InChI=1S/C25H25FN4O/c1-16-11-17(2)23-22(12-16)24(20(13-27)15-28-23)30-9-7-19(8-10-30)25(31)29-14-18-3-5-21(26)6-4-18/h3-6,11-12,15,19H,7-10,14H2,1-2H3,(H,29,31). The molecule has 0 aliphatic carbocycles. The number of aromatic nitrogens is 1. The molecule has 1 saturated heterocycles. The molecule has 6 heteroatoms. The minimum Gasteiger partial charge on any atom is -0.370 e. The fourth-order valence-corrected chi connectivity index (χ4v) is 4.37. The Morgan fingerprint density at radius 3 is 2.61 bits per heavy atom. The molecule has 31 heavy (non-hydrogen) atoms. The Labute approximate surface area is 181 Å². The average Bonchev–Trinajstić information content (AvgIpc) is 2.77. The number of benzene rings is 2. The molecule has 0 atom stereocenters. The zero-order valence-electron chi connectivity index (χ0n) is 17.8. The number of hydrogen-bond donors (Lipinski definition) is 1. The second-order valence-corrected chi connectivity index (χ2v) is 8.22. The fourth-order valence-electron chi connectivity index (χ4n) is 4.37. The quantitative estimate of drug-likeness (QED) is 0.685. The average molecular weight is 417 g/mol. The Morgan fingerprint density at radius 1 is 1.23 bits per heavy atom.